The number of amides is 1. The van der Waals surface area contributed by atoms with E-state index in [4.69, 9.17) is 22.5 Å². The van der Waals surface area contributed by atoms with Crippen molar-refractivity contribution in [1.29, 1.82) is 0 Å². The second kappa shape index (κ2) is 4.92. The first-order valence-corrected chi connectivity index (χ1v) is 6.77. The van der Waals surface area contributed by atoms with E-state index in [0.29, 0.717) is 17.5 Å². The van der Waals surface area contributed by atoms with Gasteiger partial charge >= 0.3 is 0 Å². The average Bonchev–Trinajstić information content (AvgIpc) is 2.61. The van der Waals surface area contributed by atoms with Crippen molar-refractivity contribution in [3.63, 3.8) is 0 Å². The van der Waals surface area contributed by atoms with Crippen LogP contribution in [0.3, 0.4) is 0 Å². The van der Waals surface area contributed by atoms with Crippen LogP contribution in [0.25, 0.3) is 0 Å². The van der Waals surface area contributed by atoms with E-state index in [-0.39, 0.29) is 5.91 Å². The Hall–Kier alpha value is -1.43. The van der Waals surface area contributed by atoms with Crippen molar-refractivity contribution in [2.75, 3.05) is 0 Å². The van der Waals surface area contributed by atoms with Gasteiger partial charge in [-0.1, -0.05) is 24.3 Å². The predicted molar refractivity (Wildman–Crippen MR) is 75.4 cm³/mol. The zero-order chi connectivity index (χ0) is 14.2. The lowest BCUT2D eigenvalue weighted by Gasteiger charge is -2.44. The molecule has 0 saturated heterocycles. The van der Waals surface area contributed by atoms with Gasteiger partial charge in [-0.2, -0.15) is 0 Å². The van der Waals surface area contributed by atoms with Crippen molar-refractivity contribution in [3.05, 3.63) is 17.0 Å². The molecule has 1 saturated carbocycles. The highest BCUT2D eigenvalue weighted by atomic mass is 32.1. The predicted octanol–water partition coefficient (Wildman–Crippen LogP) is 1.61. The molecule has 0 bridgehead atoms. The highest BCUT2D eigenvalue weighted by molar-refractivity contribution is 7.80. The number of nitrogens with one attached hydrogen (secondary N) is 1. The van der Waals surface area contributed by atoms with Gasteiger partial charge < -0.3 is 15.6 Å². The monoisotopic (exact) mass is 281 g/mol. The average molecular weight is 281 g/mol. The molecule has 3 N–H and O–H groups in total. The fraction of sp³-hybridized carbons (Fsp3) is 0.615. The van der Waals surface area contributed by atoms with Gasteiger partial charge in [0.05, 0.1) is 16.1 Å². The van der Waals surface area contributed by atoms with E-state index >= 15 is 0 Å². The van der Waals surface area contributed by atoms with Gasteiger partial charge in [-0.05, 0) is 32.6 Å². The lowest BCUT2D eigenvalue weighted by molar-refractivity contribution is -0.133. The van der Waals surface area contributed by atoms with Crippen LogP contribution >= 0.6 is 12.2 Å². The number of carbonyl (C=O) groups excluding carboxylic acids is 1. The van der Waals surface area contributed by atoms with Crippen molar-refractivity contribution < 1.29 is 9.32 Å². The molecule has 0 atom stereocenters. The number of nitrogens with zero attached hydrogens (tertiary/aromatic N) is 1. The summed E-state index contributed by atoms with van der Waals surface area (Å²) in [4.78, 5) is 12.6. The Labute approximate surface area is 117 Å². The third-order valence-corrected chi connectivity index (χ3v) is 4.30. The van der Waals surface area contributed by atoms with Gasteiger partial charge in [-0.3, -0.25) is 4.79 Å². The first-order valence-electron chi connectivity index (χ1n) is 6.37. The number of aromatic nitrogens is 1. The van der Waals surface area contributed by atoms with E-state index in [1.165, 1.54) is 0 Å². The lowest BCUT2D eigenvalue weighted by Crippen LogP contribution is -2.55. The largest absolute Gasteiger partial charge is 0.392 e. The van der Waals surface area contributed by atoms with Gasteiger partial charge in [-0.25, -0.2) is 0 Å². The van der Waals surface area contributed by atoms with Crippen LogP contribution in [0.1, 0.15) is 36.8 Å². The maximum Gasteiger partial charge on any atom is 0.233 e. The van der Waals surface area contributed by atoms with Gasteiger partial charge in [0.1, 0.15) is 5.76 Å². The quantitative estimate of drug-likeness (QED) is 0.819. The van der Waals surface area contributed by atoms with Crippen LogP contribution in [0.15, 0.2) is 4.52 Å². The summed E-state index contributed by atoms with van der Waals surface area (Å²) in [6, 6.07) is 0. The zero-order valence-electron chi connectivity index (χ0n) is 11.4. The van der Waals surface area contributed by atoms with Crippen LogP contribution in [0.2, 0.25) is 0 Å². The maximum atomic E-state index is 12.3. The molecule has 2 rings (SSSR count). The minimum Gasteiger partial charge on any atom is -0.392 e. The molecule has 1 aromatic rings. The molecular formula is C13H19N3O2S. The molecule has 0 aliphatic heterocycles. The summed E-state index contributed by atoms with van der Waals surface area (Å²) >= 11 is 5.06. The number of rotatable bonds is 4. The Bertz CT molecular complexity index is 498. The SMILES string of the molecule is Cc1noc(C)c1CNC(=O)C1(C(N)=S)CC(C)C1. The van der Waals surface area contributed by atoms with Crippen LogP contribution in [-0.4, -0.2) is 16.1 Å². The summed E-state index contributed by atoms with van der Waals surface area (Å²) in [6.45, 7) is 6.18. The van der Waals surface area contributed by atoms with Gasteiger partial charge in [0.2, 0.25) is 5.91 Å². The van der Waals surface area contributed by atoms with Crippen molar-refractivity contribution >= 4 is 23.1 Å². The molecule has 1 aromatic heterocycles. The Morgan fingerprint density at radius 3 is 2.63 bits per heavy atom. The van der Waals surface area contributed by atoms with Gasteiger partial charge in [-0.15, -0.1) is 0 Å². The Kier molecular flexibility index (Phi) is 3.62. The molecule has 0 unspecified atom stereocenters. The Morgan fingerprint density at radius 1 is 1.58 bits per heavy atom. The van der Waals surface area contributed by atoms with Crippen LogP contribution in [0.4, 0.5) is 0 Å². The summed E-state index contributed by atoms with van der Waals surface area (Å²) in [6.07, 6.45) is 1.46. The fourth-order valence-corrected chi connectivity index (χ4v) is 2.98. The topological polar surface area (TPSA) is 81.2 Å². The summed E-state index contributed by atoms with van der Waals surface area (Å²) in [5.41, 5.74) is 6.80. The molecule has 1 aliphatic rings. The second-order valence-electron chi connectivity index (χ2n) is 5.45. The molecule has 0 radical (unpaired) electrons. The van der Waals surface area contributed by atoms with E-state index in [2.05, 4.69) is 17.4 Å². The van der Waals surface area contributed by atoms with Crippen molar-refractivity contribution in [2.45, 2.75) is 40.2 Å². The fourth-order valence-electron chi connectivity index (χ4n) is 2.72. The van der Waals surface area contributed by atoms with Crippen LogP contribution in [-0.2, 0) is 11.3 Å². The van der Waals surface area contributed by atoms with E-state index in [0.717, 1.165) is 29.9 Å². The minimum atomic E-state index is -0.659. The maximum absolute atomic E-state index is 12.3. The van der Waals surface area contributed by atoms with E-state index < -0.39 is 5.41 Å². The normalized spacial score (nSPS) is 25.7. The first kappa shape index (κ1) is 14.0. The zero-order valence-corrected chi connectivity index (χ0v) is 12.3. The van der Waals surface area contributed by atoms with Crippen LogP contribution < -0.4 is 11.1 Å². The number of thiocarbonyl (C=S) groups is 1. The minimum absolute atomic E-state index is 0.0851. The molecule has 1 amide bonds. The molecule has 1 heterocycles. The first-order chi connectivity index (χ1) is 8.86. The molecule has 1 aliphatic carbocycles. The number of carbonyl (C=O) groups is 1. The van der Waals surface area contributed by atoms with Crippen molar-refractivity contribution in [3.8, 4) is 0 Å². The lowest BCUT2D eigenvalue weighted by atomic mass is 9.62. The molecule has 5 nitrogen and oxygen atoms in total. The summed E-state index contributed by atoms with van der Waals surface area (Å²) in [7, 11) is 0. The highest BCUT2D eigenvalue weighted by Gasteiger charge is 2.50. The molecule has 0 aromatic carbocycles. The van der Waals surface area contributed by atoms with E-state index in [1.54, 1.807) is 0 Å². The Balaban J connectivity index is 2.04. The molecule has 1 fully saturated rings. The summed E-state index contributed by atoms with van der Waals surface area (Å²) < 4.78 is 5.07. The molecule has 0 spiro atoms. The Morgan fingerprint density at radius 2 is 2.21 bits per heavy atom. The van der Waals surface area contributed by atoms with Crippen molar-refractivity contribution in [1.82, 2.24) is 10.5 Å². The molecule has 104 valence electrons. The number of nitrogens with two attached hydrogens (primary N) is 1. The summed E-state index contributed by atoms with van der Waals surface area (Å²) in [5, 5.41) is 6.77. The van der Waals surface area contributed by atoms with Crippen LogP contribution in [0.5, 0.6) is 0 Å². The molecule has 19 heavy (non-hydrogen) atoms. The van der Waals surface area contributed by atoms with E-state index in [1.807, 2.05) is 13.8 Å². The number of hydrogen-bond donors (Lipinski definition) is 2. The third-order valence-electron chi connectivity index (χ3n) is 3.91. The standard InChI is InChI=1S/C13H19N3O2S/c1-7-4-13(5-7,11(14)19)12(17)15-6-10-8(2)16-18-9(10)3/h7H,4-6H2,1-3H3,(H2,14,19)(H,15,17). The van der Waals surface area contributed by atoms with Crippen molar-refractivity contribution in [2.24, 2.45) is 17.1 Å². The third kappa shape index (κ3) is 2.36. The van der Waals surface area contributed by atoms with Gasteiger partial charge in [0.15, 0.2) is 0 Å². The van der Waals surface area contributed by atoms with E-state index in [9.17, 15) is 4.79 Å². The number of aryl methyl sites for hydroxylation is 2. The second-order valence-corrected chi connectivity index (χ2v) is 5.89. The molecular weight excluding hydrogens is 262 g/mol. The molecule has 6 heteroatoms. The van der Waals surface area contributed by atoms with Crippen LogP contribution in [0, 0.1) is 25.2 Å². The van der Waals surface area contributed by atoms with Gasteiger partial charge in [0.25, 0.3) is 0 Å². The summed E-state index contributed by atoms with van der Waals surface area (Å²) in [5.74, 6) is 1.13. The van der Waals surface area contributed by atoms with Gasteiger partial charge in [0, 0.05) is 12.1 Å². The number of hydrogen-bond acceptors (Lipinski definition) is 4. The highest BCUT2D eigenvalue weighted by Crippen LogP contribution is 2.46. The smallest absolute Gasteiger partial charge is 0.233 e.